The van der Waals surface area contributed by atoms with Gasteiger partial charge in [-0.05, 0) is 30.7 Å². The maximum atomic E-state index is 12.8. The second-order valence-corrected chi connectivity index (χ2v) is 3.93. The largest absolute Gasteiger partial charge is 0.466 e. The first kappa shape index (κ1) is 14.2. The number of carbonyl (C=O) groups excluding carboxylic acids is 1. The maximum Gasteiger partial charge on any atom is 0.333 e. The van der Waals surface area contributed by atoms with Crippen LogP contribution in [-0.4, -0.2) is 26.7 Å². The molecule has 0 fully saturated rings. The van der Waals surface area contributed by atoms with Gasteiger partial charge in [0.25, 0.3) is 0 Å². The SMILES string of the molecule is CCC(=CCN(C)c1ccc(F)cc1)C(=O)OC. The molecule has 0 bridgehead atoms. The van der Waals surface area contributed by atoms with Crippen LogP contribution in [0.5, 0.6) is 0 Å². The van der Waals surface area contributed by atoms with E-state index in [1.165, 1.54) is 19.2 Å². The van der Waals surface area contributed by atoms with Crippen molar-refractivity contribution in [3.63, 3.8) is 0 Å². The third-order valence-electron chi connectivity index (χ3n) is 2.71. The Bertz CT molecular complexity index is 426. The van der Waals surface area contributed by atoms with Gasteiger partial charge < -0.3 is 9.64 Å². The van der Waals surface area contributed by atoms with E-state index in [9.17, 15) is 9.18 Å². The van der Waals surface area contributed by atoms with Crippen LogP contribution in [0.15, 0.2) is 35.9 Å². The van der Waals surface area contributed by atoms with Gasteiger partial charge in [0.2, 0.25) is 0 Å². The Kier molecular flexibility index (Phi) is 5.36. The lowest BCUT2D eigenvalue weighted by atomic mass is 10.2. The number of hydrogen-bond acceptors (Lipinski definition) is 3. The van der Waals surface area contributed by atoms with E-state index in [-0.39, 0.29) is 11.8 Å². The van der Waals surface area contributed by atoms with Crippen molar-refractivity contribution in [2.24, 2.45) is 0 Å². The van der Waals surface area contributed by atoms with Crippen LogP contribution in [0.25, 0.3) is 0 Å². The van der Waals surface area contributed by atoms with E-state index < -0.39 is 0 Å². The van der Waals surface area contributed by atoms with Gasteiger partial charge in [0, 0.05) is 24.9 Å². The molecule has 1 rings (SSSR count). The number of carbonyl (C=O) groups is 1. The van der Waals surface area contributed by atoms with Crippen molar-refractivity contribution in [3.8, 4) is 0 Å². The molecule has 0 radical (unpaired) electrons. The molecule has 0 amide bonds. The van der Waals surface area contributed by atoms with Gasteiger partial charge in [0.05, 0.1) is 7.11 Å². The van der Waals surface area contributed by atoms with Crippen LogP contribution < -0.4 is 4.90 Å². The molecule has 3 nitrogen and oxygen atoms in total. The zero-order valence-corrected chi connectivity index (χ0v) is 10.9. The van der Waals surface area contributed by atoms with Gasteiger partial charge in [-0.15, -0.1) is 0 Å². The summed E-state index contributed by atoms with van der Waals surface area (Å²) in [5.41, 5.74) is 1.54. The molecule has 4 heteroatoms. The number of nitrogens with zero attached hydrogens (tertiary/aromatic N) is 1. The molecule has 0 atom stereocenters. The number of anilines is 1. The van der Waals surface area contributed by atoms with Crippen molar-refractivity contribution in [3.05, 3.63) is 41.7 Å². The summed E-state index contributed by atoms with van der Waals surface area (Å²) < 4.78 is 17.5. The molecule has 0 N–H and O–H groups in total. The van der Waals surface area contributed by atoms with Gasteiger partial charge in [0.1, 0.15) is 5.82 Å². The molecule has 0 spiro atoms. The van der Waals surface area contributed by atoms with Gasteiger partial charge >= 0.3 is 5.97 Å². The number of halogens is 1. The highest BCUT2D eigenvalue weighted by Crippen LogP contribution is 2.13. The number of ether oxygens (including phenoxy) is 1. The van der Waals surface area contributed by atoms with Crippen LogP contribution in [0.3, 0.4) is 0 Å². The second kappa shape index (κ2) is 6.79. The van der Waals surface area contributed by atoms with Crippen LogP contribution in [0, 0.1) is 5.82 Å². The molecular formula is C14H18FNO2. The number of likely N-dealkylation sites (N-methyl/N-ethyl adjacent to an activating group) is 1. The predicted octanol–water partition coefficient (Wildman–Crippen LogP) is 2.77. The second-order valence-electron chi connectivity index (χ2n) is 3.93. The normalized spacial score (nSPS) is 11.2. The summed E-state index contributed by atoms with van der Waals surface area (Å²) in [6.07, 6.45) is 2.46. The van der Waals surface area contributed by atoms with Crippen molar-refractivity contribution in [2.75, 3.05) is 25.6 Å². The minimum absolute atomic E-state index is 0.258. The van der Waals surface area contributed by atoms with E-state index in [0.29, 0.717) is 18.5 Å². The fourth-order valence-electron chi connectivity index (χ4n) is 1.55. The summed E-state index contributed by atoms with van der Waals surface area (Å²) in [7, 11) is 3.25. The van der Waals surface area contributed by atoms with Crippen molar-refractivity contribution in [1.82, 2.24) is 0 Å². The van der Waals surface area contributed by atoms with Gasteiger partial charge in [-0.2, -0.15) is 0 Å². The molecule has 1 aromatic carbocycles. The standard InChI is InChI=1S/C14H18FNO2/c1-4-11(14(17)18-3)9-10-16(2)13-7-5-12(15)6-8-13/h5-9H,4,10H2,1-3H3. The third-order valence-corrected chi connectivity index (χ3v) is 2.71. The molecule has 98 valence electrons. The lowest BCUT2D eigenvalue weighted by molar-refractivity contribution is -0.136. The third kappa shape index (κ3) is 3.87. The maximum absolute atomic E-state index is 12.8. The molecular weight excluding hydrogens is 233 g/mol. The molecule has 0 unspecified atom stereocenters. The lowest BCUT2D eigenvalue weighted by Crippen LogP contribution is -2.18. The molecule has 0 saturated heterocycles. The van der Waals surface area contributed by atoms with Gasteiger partial charge in [-0.3, -0.25) is 0 Å². The Morgan fingerprint density at radius 1 is 1.39 bits per heavy atom. The summed E-state index contributed by atoms with van der Waals surface area (Å²) in [6.45, 7) is 2.48. The first-order chi connectivity index (χ1) is 8.58. The molecule has 0 aromatic heterocycles. The van der Waals surface area contributed by atoms with Crippen LogP contribution in [0.4, 0.5) is 10.1 Å². The van der Waals surface area contributed by atoms with Crippen molar-refractivity contribution in [1.29, 1.82) is 0 Å². The van der Waals surface area contributed by atoms with E-state index in [0.717, 1.165) is 5.69 Å². The van der Waals surface area contributed by atoms with E-state index in [2.05, 4.69) is 4.74 Å². The topological polar surface area (TPSA) is 29.5 Å². The Morgan fingerprint density at radius 2 is 2.00 bits per heavy atom. The number of esters is 1. The number of methoxy groups -OCH3 is 1. The van der Waals surface area contributed by atoms with E-state index in [1.54, 1.807) is 12.1 Å². The molecule has 0 saturated carbocycles. The molecule has 0 aliphatic carbocycles. The Labute approximate surface area is 107 Å². The highest BCUT2D eigenvalue weighted by atomic mass is 19.1. The van der Waals surface area contributed by atoms with Crippen LogP contribution in [-0.2, 0) is 9.53 Å². The highest BCUT2D eigenvalue weighted by molar-refractivity contribution is 5.88. The molecule has 18 heavy (non-hydrogen) atoms. The van der Waals surface area contributed by atoms with Gasteiger partial charge in [0.15, 0.2) is 0 Å². The smallest absolute Gasteiger partial charge is 0.333 e. The fraction of sp³-hybridized carbons (Fsp3) is 0.357. The average molecular weight is 251 g/mol. The van der Waals surface area contributed by atoms with Gasteiger partial charge in [-0.1, -0.05) is 13.0 Å². The summed E-state index contributed by atoms with van der Waals surface area (Å²) in [6, 6.07) is 6.23. The summed E-state index contributed by atoms with van der Waals surface area (Å²) in [5.74, 6) is -0.559. The zero-order valence-electron chi connectivity index (χ0n) is 10.9. The van der Waals surface area contributed by atoms with Gasteiger partial charge in [-0.25, -0.2) is 9.18 Å². The Morgan fingerprint density at radius 3 is 2.50 bits per heavy atom. The molecule has 0 aliphatic heterocycles. The fourth-order valence-corrected chi connectivity index (χ4v) is 1.55. The minimum atomic E-state index is -0.301. The molecule has 0 aliphatic rings. The predicted molar refractivity (Wildman–Crippen MR) is 70.1 cm³/mol. The van der Waals surface area contributed by atoms with E-state index in [1.807, 2.05) is 24.9 Å². The van der Waals surface area contributed by atoms with E-state index in [4.69, 9.17) is 0 Å². The zero-order chi connectivity index (χ0) is 13.5. The number of rotatable bonds is 5. The quantitative estimate of drug-likeness (QED) is 0.595. The summed E-state index contributed by atoms with van der Waals surface area (Å²) in [4.78, 5) is 13.3. The van der Waals surface area contributed by atoms with Crippen LogP contribution in [0.2, 0.25) is 0 Å². The van der Waals surface area contributed by atoms with Crippen molar-refractivity contribution < 1.29 is 13.9 Å². The first-order valence-corrected chi connectivity index (χ1v) is 5.82. The molecule has 0 heterocycles. The minimum Gasteiger partial charge on any atom is -0.466 e. The van der Waals surface area contributed by atoms with Crippen LogP contribution in [0.1, 0.15) is 13.3 Å². The van der Waals surface area contributed by atoms with Crippen LogP contribution >= 0.6 is 0 Å². The monoisotopic (exact) mass is 251 g/mol. The highest BCUT2D eigenvalue weighted by Gasteiger charge is 2.07. The molecule has 1 aromatic rings. The summed E-state index contributed by atoms with van der Waals surface area (Å²) >= 11 is 0. The Hall–Kier alpha value is -1.84. The number of benzene rings is 1. The van der Waals surface area contributed by atoms with E-state index >= 15 is 0 Å². The number of hydrogen-bond donors (Lipinski definition) is 0. The average Bonchev–Trinajstić information content (AvgIpc) is 2.39. The van der Waals surface area contributed by atoms with Crippen molar-refractivity contribution in [2.45, 2.75) is 13.3 Å². The Balaban J connectivity index is 2.69. The first-order valence-electron chi connectivity index (χ1n) is 5.82. The van der Waals surface area contributed by atoms with Crippen molar-refractivity contribution >= 4 is 11.7 Å². The summed E-state index contributed by atoms with van der Waals surface area (Å²) in [5, 5.41) is 0. The lowest BCUT2D eigenvalue weighted by Gasteiger charge is -2.17.